The Bertz CT molecular complexity index is 308. The van der Waals surface area contributed by atoms with Crippen LogP contribution in [0.4, 0.5) is 4.79 Å². The summed E-state index contributed by atoms with van der Waals surface area (Å²) in [5, 5.41) is 2.74. The summed E-state index contributed by atoms with van der Waals surface area (Å²) in [5.74, 6) is -0.368. The van der Waals surface area contributed by atoms with E-state index in [0.29, 0.717) is 0 Å². The molecule has 0 aromatic rings. The number of carbonyl (C=O) groups is 2. The van der Waals surface area contributed by atoms with Gasteiger partial charge in [-0.15, -0.1) is 0 Å². The van der Waals surface area contributed by atoms with E-state index in [1.165, 1.54) is 0 Å². The second-order valence-corrected chi connectivity index (χ2v) is 5.53. The predicted octanol–water partition coefficient (Wildman–Crippen LogP) is 1.71. The molecule has 1 aliphatic heterocycles. The molecule has 1 amide bonds. The number of amides is 1. The number of rotatable bonds is 1. The lowest BCUT2D eigenvalue weighted by Crippen LogP contribution is -2.51. The molecule has 0 saturated carbocycles. The van der Waals surface area contributed by atoms with Gasteiger partial charge in [0.1, 0.15) is 12.2 Å². The highest BCUT2D eigenvalue weighted by Gasteiger charge is 2.35. The van der Waals surface area contributed by atoms with Crippen molar-refractivity contribution in [3.8, 4) is 0 Å². The number of ether oxygens (including phenoxy) is 2. The summed E-state index contributed by atoms with van der Waals surface area (Å²) in [7, 11) is 0. The Morgan fingerprint density at radius 2 is 2.00 bits per heavy atom. The van der Waals surface area contributed by atoms with Gasteiger partial charge in [-0.1, -0.05) is 13.8 Å². The number of hydrogen-bond donors (Lipinski definition) is 1. The number of alkyl carbamates (subject to hydrolysis) is 1. The first-order chi connectivity index (χ1) is 7.70. The van der Waals surface area contributed by atoms with Crippen LogP contribution in [0.5, 0.6) is 0 Å². The molecule has 0 radical (unpaired) electrons. The van der Waals surface area contributed by atoms with Crippen LogP contribution in [0, 0.1) is 11.8 Å². The molecule has 0 aromatic carbocycles. The topological polar surface area (TPSA) is 64.6 Å². The Labute approximate surface area is 102 Å². The largest absolute Gasteiger partial charge is 0.463 e. The number of nitrogens with one attached hydrogen (secondary N) is 1. The lowest BCUT2D eigenvalue weighted by Gasteiger charge is -2.33. The summed E-state index contributed by atoms with van der Waals surface area (Å²) in [4.78, 5) is 22.9. The normalized spacial score (nSPS) is 29.5. The van der Waals surface area contributed by atoms with Crippen molar-refractivity contribution in [3.63, 3.8) is 0 Å². The Balaban J connectivity index is 2.52. The van der Waals surface area contributed by atoms with Gasteiger partial charge in [-0.2, -0.15) is 0 Å². The second-order valence-electron chi connectivity index (χ2n) is 5.53. The molecule has 0 spiro atoms. The first kappa shape index (κ1) is 13.8. The van der Waals surface area contributed by atoms with E-state index in [-0.39, 0.29) is 30.5 Å². The predicted molar refractivity (Wildman–Crippen MR) is 62.4 cm³/mol. The minimum atomic E-state index is -0.524. The molecule has 17 heavy (non-hydrogen) atoms. The molecule has 1 N–H and O–H groups in total. The van der Waals surface area contributed by atoms with Gasteiger partial charge in [-0.25, -0.2) is 4.79 Å². The van der Waals surface area contributed by atoms with Crippen molar-refractivity contribution in [1.82, 2.24) is 5.32 Å². The summed E-state index contributed by atoms with van der Waals surface area (Å²) in [5.41, 5.74) is -0.524. The van der Waals surface area contributed by atoms with E-state index in [4.69, 9.17) is 9.47 Å². The zero-order valence-electron chi connectivity index (χ0n) is 11.1. The van der Waals surface area contributed by atoms with Crippen molar-refractivity contribution in [2.75, 3.05) is 6.61 Å². The Kier molecular flexibility index (Phi) is 4.01. The van der Waals surface area contributed by atoms with Crippen LogP contribution in [0.1, 0.15) is 34.6 Å². The molecule has 0 aromatic heterocycles. The van der Waals surface area contributed by atoms with Crippen LogP contribution < -0.4 is 5.32 Å². The number of esters is 1. The maximum Gasteiger partial charge on any atom is 0.408 e. The molecule has 1 rings (SSSR count). The molecule has 1 aliphatic rings. The van der Waals surface area contributed by atoms with Crippen LogP contribution in [0.3, 0.4) is 0 Å². The Morgan fingerprint density at radius 1 is 1.41 bits per heavy atom. The van der Waals surface area contributed by atoms with E-state index >= 15 is 0 Å². The molecule has 1 fully saturated rings. The fraction of sp³-hybridized carbons (Fsp3) is 0.833. The molecular weight excluding hydrogens is 222 g/mol. The van der Waals surface area contributed by atoms with Crippen LogP contribution in [0.2, 0.25) is 0 Å². The maximum atomic E-state index is 11.6. The summed E-state index contributed by atoms with van der Waals surface area (Å²) in [6, 6.07) is -0.183. The average Bonchev–Trinajstić information content (AvgIpc) is 2.16. The van der Waals surface area contributed by atoms with E-state index in [2.05, 4.69) is 5.32 Å². The summed E-state index contributed by atoms with van der Waals surface area (Å²) < 4.78 is 10.2. The Morgan fingerprint density at radius 3 is 2.53 bits per heavy atom. The second kappa shape index (κ2) is 4.94. The molecule has 5 nitrogen and oxygen atoms in total. The average molecular weight is 243 g/mol. The van der Waals surface area contributed by atoms with Crippen LogP contribution in [0.25, 0.3) is 0 Å². The van der Waals surface area contributed by atoms with Crippen molar-refractivity contribution in [1.29, 1.82) is 0 Å². The third-order valence-corrected chi connectivity index (χ3v) is 2.90. The molecule has 5 heteroatoms. The van der Waals surface area contributed by atoms with Gasteiger partial charge in [0, 0.05) is 0 Å². The molecule has 1 saturated heterocycles. The van der Waals surface area contributed by atoms with Gasteiger partial charge < -0.3 is 14.8 Å². The molecular formula is C12H21NO4. The zero-order valence-corrected chi connectivity index (χ0v) is 11.1. The molecule has 0 aliphatic carbocycles. The van der Waals surface area contributed by atoms with Crippen molar-refractivity contribution in [3.05, 3.63) is 0 Å². The van der Waals surface area contributed by atoms with Gasteiger partial charge >= 0.3 is 12.1 Å². The first-order valence-corrected chi connectivity index (χ1v) is 5.87. The van der Waals surface area contributed by atoms with Gasteiger partial charge in [-0.05, 0) is 26.7 Å². The molecule has 1 heterocycles. The van der Waals surface area contributed by atoms with Crippen LogP contribution in [-0.4, -0.2) is 30.3 Å². The fourth-order valence-electron chi connectivity index (χ4n) is 1.65. The lowest BCUT2D eigenvalue weighted by atomic mass is 9.87. The third-order valence-electron chi connectivity index (χ3n) is 2.90. The highest BCUT2D eigenvalue weighted by atomic mass is 16.6. The number of cyclic esters (lactones) is 1. The Hall–Kier alpha value is -1.26. The van der Waals surface area contributed by atoms with Crippen molar-refractivity contribution in [2.45, 2.75) is 46.3 Å². The van der Waals surface area contributed by atoms with E-state index < -0.39 is 11.7 Å². The monoisotopic (exact) mass is 243 g/mol. The summed E-state index contributed by atoms with van der Waals surface area (Å²) >= 11 is 0. The van der Waals surface area contributed by atoms with Gasteiger partial charge in [0.25, 0.3) is 0 Å². The van der Waals surface area contributed by atoms with Gasteiger partial charge in [0.2, 0.25) is 0 Å². The number of carbonyl (C=O) groups excluding carboxylic acids is 2. The van der Waals surface area contributed by atoms with Crippen molar-refractivity contribution < 1.29 is 19.1 Å². The quantitative estimate of drug-likeness (QED) is 0.712. The van der Waals surface area contributed by atoms with Gasteiger partial charge in [0.05, 0.1) is 12.0 Å². The minimum Gasteiger partial charge on any atom is -0.463 e. The fourth-order valence-corrected chi connectivity index (χ4v) is 1.65. The molecule has 3 atom stereocenters. The van der Waals surface area contributed by atoms with E-state index in [0.717, 1.165) is 0 Å². The van der Waals surface area contributed by atoms with Crippen LogP contribution >= 0.6 is 0 Å². The third kappa shape index (κ3) is 3.91. The summed E-state index contributed by atoms with van der Waals surface area (Å²) in [6.45, 7) is 9.35. The summed E-state index contributed by atoms with van der Waals surface area (Å²) in [6.07, 6.45) is -0.473. The number of hydrogen-bond acceptors (Lipinski definition) is 4. The lowest BCUT2D eigenvalue weighted by molar-refractivity contribution is -0.157. The molecule has 98 valence electrons. The van der Waals surface area contributed by atoms with Gasteiger partial charge in [-0.3, -0.25) is 4.79 Å². The smallest absolute Gasteiger partial charge is 0.408 e. The molecule has 0 bridgehead atoms. The van der Waals surface area contributed by atoms with Gasteiger partial charge in [0.15, 0.2) is 0 Å². The van der Waals surface area contributed by atoms with Crippen LogP contribution in [-0.2, 0) is 14.3 Å². The van der Waals surface area contributed by atoms with Crippen molar-refractivity contribution in [2.24, 2.45) is 11.8 Å². The van der Waals surface area contributed by atoms with Crippen molar-refractivity contribution >= 4 is 12.1 Å². The molecule has 0 unspecified atom stereocenters. The highest BCUT2D eigenvalue weighted by Crippen LogP contribution is 2.22. The van der Waals surface area contributed by atoms with E-state index in [9.17, 15) is 9.59 Å². The maximum absolute atomic E-state index is 11.6. The standard InChI is InChI=1S/C12H21NO4/c1-7-8(2)10(14)16-6-9(7)13-11(15)17-12(3,4)5/h7-9H,6H2,1-5H3,(H,13,15)/t7-,8-,9+/m0/s1. The van der Waals surface area contributed by atoms with Crippen LogP contribution in [0.15, 0.2) is 0 Å². The van der Waals surface area contributed by atoms with E-state index in [1.54, 1.807) is 27.7 Å². The minimum absolute atomic E-state index is 0.0452. The van der Waals surface area contributed by atoms with E-state index in [1.807, 2.05) is 6.92 Å². The SMILES string of the molecule is C[C@H]1[C@H](C)C(=O)OC[C@H]1NC(=O)OC(C)(C)C. The highest BCUT2D eigenvalue weighted by molar-refractivity contribution is 5.74. The zero-order chi connectivity index (χ0) is 13.2. The first-order valence-electron chi connectivity index (χ1n) is 5.87.